The zero-order valence-corrected chi connectivity index (χ0v) is 14.2. The molecule has 2 aromatic rings. The largest absolute Gasteiger partial charge is 0.351 e. The molecule has 7 heteroatoms. The molecule has 1 aliphatic rings. The van der Waals surface area contributed by atoms with Crippen molar-refractivity contribution >= 4 is 23.2 Å². The lowest BCUT2D eigenvalue weighted by Gasteiger charge is -2.33. The van der Waals surface area contributed by atoms with E-state index in [0.29, 0.717) is 45.0 Å². The zero-order valence-electron chi connectivity index (χ0n) is 13.4. The van der Waals surface area contributed by atoms with Crippen LogP contribution in [-0.4, -0.2) is 59.3 Å². The van der Waals surface area contributed by atoms with Crippen LogP contribution in [0.5, 0.6) is 0 Å². The van der Waals surface area contributed by atoms with Gasteiger partial charge in [0.05, 0.1) is 12.1 Å². The van der Waals surface area contributed by atoms with Gasteiger partial charge in [0.1, 0.15) is 5.69 Å². The minimum Gasteiger partial charge on any atom is -0.351 e. The van der Waals surface area contributed by atoms with Gasteiger partial charge in [0, 0.05) is 38.1 Å². The van der Waals surface area contributed by atoms with E-state index in [1.54, 1.807) is 15.8 Å². The van der Waals surface area contributed by atoms with Crippen LogP contribution in [0.1, 0.15) is 16.1 Å². The highest BCUT2D eigenvalue weighted by Gasteiger charge is 2.24. The predicted octanol–water partition coefficient (Wildman–Crippen LogP) is 1.22. The number of piperazine rings is 1. The monoisotopic (exact) mass is 344 g/mol. The van der Waals surface area contributed by atoms with E-state index in [2.05, 4.69) is 15.2 Å². The maximum absolute atomic E-state index is 12.2. The van der Waals surface area contributed by atoms with Crippen LogP contribution in [0.4, 0.5) is 0 Å². The van der Waals surface area contributed by atoms with Crippen LogP contribution in [0.2, 0.25) is 0 Å². The number of aromatic nitrogens is 1. The highest BCUT2D eigenvalue weighted by atomic mass is 32.1. The number of hydrogen-bond acceptors (Lipinski definition) is 5. The van der Waals surface area contributed by atoms with Gasteiger partial charge in [0.2, 0.25) is 5.91 Å². The van der Waals surface area contributed by atoms with E-state index >= 15 is 0 Å². The van der Waals surface area contributed by atoms with E-state index in [9.17, 15) is 9.59 Å². The van der Waals surface area contributed by atoms with Gasteiger partial charge >= 0.3 is 0 Å². The minimum absolute atomic E-state index is 0.0122. The number of nitrogens with one attached hydrogen (secondary N) is 1. The molecule has 0 spiro atoms. The molecule has 2 heterocycles. The third kappa shape index (κ3) is 4.39. The van der Waals surface area contributed by atoms with Crippen LogP contribution in [0, 0.1) is 0 Å². The van der Waals surface area contributed by atoms with Gasteiger partial charge in [-0.15, -0.1) is 11.3 Å². The molecule has 3 rings (SSSR count). The maximum Gasteiger partial charge on any atom is 0.273 e. The molecule has 1 N–H and O–H groups in total. The molecule has 1 saturated heterocycles. The third-order valence-electron chi connectivity index (χ3n) is 4.01. The number of carbonyl (C=O) groups is 2. The fourth-order valence-electron chi connectivity index (χ4n) is 2.64. The van der Waals surface area contributed by atoms with Crippen molar-refractivity contribution in [3.63, 3.8) is 0 Å². The van der Waals surface area contributed by atoms with E-state index < -0.39 is 0 Å². The van der Waals surface area contributed by atoms with Gasteiger partial charge in [-0.3, -0.25) is 14.5 Å². The van der Waals surface area contributed by atoms with E-state index in [1.165, 1.54) is 11.3 Å². The summed E-state index contributed by atoms with van der Waals surface area (Å²) < 4.78 is 0. The van der Waals surface area contributed by atoms with Crippen molar-refractivity contribution in [1.82, 2.24) is 20.1 Å². The van der Waals surface area contributed by atoms with Gasteiger partial charge in [-0.2, -0.15) is 0 Å². The van der Waals surface area contributed by atoms with Crippen molar-refractivity contribution in [1.29, 1.82) is 0 Å². The number of hydrogen-bond donors (Lipinski definition) is 1. The first-order chi connectivity index (χ1) is 11.7. The summed E-state index contributed by atoms with van der Waals surface area (Å²) in [5.41, 5.74) is 3.26. The topological polar surface area (TPSA) is 65.5 Å². The summed E-state index contributed by atoms with van der Waals surface area (Å²) in [7, 11) is 0. The van der Waals surface area contributed by atoms with E-state index in [4.69, 9.17) is 0 Å². The summed E-state index contributed by atoms with van der Waals surface area (Å²) in [5.74, 6) is -0.0115. The molecule has 0 unspecified atom stereocenters. The molecular weight excluding hydrogens is 324 g/mol. The molecule has 2 amide bonds. The van der Waals surface area contributed by atoms with Crippen LogP contribution in [0.3, 0.4) is 0 Å². The fourth-order valence-corrected chi connectivity index (χ4v) is 3.17. The maximum atomic E-state index is 12.2. The fraction of sp³-hybridized carbons (Fsp3) is 0.353. The number of amides is 2. The van der Waals surface area contributed by atoms with Gasteiger partial charge in [-0.25, -0.2) is 4.98 Å². The van der Waals surface area contributed by atoms with Crippen LogP contribution in [0.15, 0.2) is 41.2 Å². The second-order valence-electron chi connectivity index (χ2n) is 5.70. The summed E-state index contributed by atoms with van der Waals surface area (Å²) in [6.45, 7) is 3.57. The average molecular weight is 344 g/mol. The van der Waals surface area contributed by atoms with Gasteiger partial charge in [-0.05, 0) is 5.56 Å². The summed E-state index contributed by atoms with van der Waals surface area (Å²) in [5, 5.41) is 4.70. The van der Waals surface area contributed by atoms with E-state index in [-0.39, 0.29) is 11.8 Å². The Kier molecular flexibility index (Phi) is 5.55. The number of carbonyl (C=O) groups excluding carboxylic acids is 2. The molecule has 0 radical (unpaired) electrons. The number of thiazole rings is 1. The average Bonchev–Trinajstić information content (AvgIpc) is 3.16. The SMILES string of the molecule is O=C(CN1CCN(C(=O)c2cscn2)CC1)NCc1ccccc1. The zero-order chi connectivity index (χ0) is 16.8. The van der Waals surface area contributed by atoms with E-state index in [1.807, 2.05) is 30.3 Å². The minimum atomic E-state index is -0.0237. The first-order valence-corrected chi connectivity index (χ1v) is 8.87. The van der Waals surface area contributed by atoms with Gasteiger partial charge in [-0.1, -0.05) is 30.3 Å². The molecular formula is C17H20N4O2S. The Balaban J connectivity index is 1.40. The summed E-state index contributed by atoms with van der Waals surface area (Å²) in [6, 6.07) is 9.85. The summed E-state index contributed by atoms with van der Waals surface area (Å²) in [6.07, 6.45) is 0. The Bertz CT molecular complexity index is 667. The molecule has 6 nitrogen and oxygen atoms in total. The highest BCUT2D eigenvalue weighted by Crippen LogP contribution is 2.09. The lowest BCUT2D eigenvalue weighted by molar-refractivity contribution is -0.122. The van der Waals surface area contributed by atoms with Crippen LogP contribution < -0.4 is 5.32 Å². The van der Waals surface area contributed by atoms with Crippen LogP contribution in [0.25, 0.3) is 0 Å². The van der Waals surface area contributed by atoms with Crippen molar-refractivity contribution < 1.29 is 9.59 Å². The molecule has 0 atom stereocenters. The molecule has 24 heavy (non-hydrogen) atoms. The van der Waals surface area contributed by atoms with Crippen molar-refractivity contribution in [2.75, 3.05) is 32.7 Å². The molecule has 0 bridgehead atoms. The standard InChI is InChI=1S/C17H20N4O2S/c22-16(18-10-14-4-2-1-3-5-14)11-20-6-8-21(9-7-20)17(23)15-12-24-13-19-15/h1-5,12-13H,6-11H2,(H,18,22). The number of nitrogens with zero attached hydrogens (tertiary/aromatic N) is 3. The number of rotatable bonds is 5. The highest BCUT2D eigenvalue weighted by molar-refractivity contribution is 7.07. The molecule has 1 aromatic heterocycles. The van der Waals surface area contributed by atoms with Crippen molar-refractivity contribution in [2.45, 2.75) is 6.54 Å². The Morgan fingerprint density at radius 1 is 1.12 bits per heavy atom. The summed E-state index contributed by atoms with van der Waals surface area (Å²) in [4.78, 5) is 32.2. The Morgan fingerprint density at radius 3 is 2.54 bits per heavy atom. The lowest BCUT2D eigenvalue weighted by atomic mass is 10.2. The molecule has 0 aliphatic carbocycles. The first-order valence-electron chi connectivity index (χ1n) is 7.93. The quantitative estimate of drug-likeness (QED) is 0.886. The lowest BCUT2D eigenvalue weighted by Crippen LogP contribution is -2.51. The summed E-state index contributed by atoms with van der Waals surface area (Å²) >= 11 is 1.42. The van der Waals surface area contributed by atoms with Crippen molar-refractivity contribution in [3.05, 3.63) is 52.5 Å². The Morgan fingerprint density at radius 2 is 1.88 bits per heavy atom. The van der Waals surface area contributed by atoms with E-state index in [0.717, 1.165) is 5.56 Å². The molecule has 1 aromatic carbocycles. The van der Waals surface area contributed by atoms with Crippen LogP contribution in [-0.2, 0) is 11.3 Å². The predicted molar refractivity (Wildman–Crippen MR) is 92.7 cm³/mol. The number of benzene rings is 1. The molecule has 1 fully saturated rings. The third-order valence-corrected chi connectivity index (χ3v) is 4.60. The molecule has 0 saturated carbocycles. The first kappa shape index (κ1) is 16.6. The second kappa shape index (κ2) is 8.03. The smallest absolute Gasteiger partial charge is 0.273 e. The molecule has 1 aliphatic heterocycles. The normalized spacial score (nSPS) is 15.2. The van der Waals surface area contributed by atoms with Crippen LogP contribution >= 0.6 is 11.3 Å². The Hall–Kier alpha value is -2.25. The van der Waals surface area contributed by atoms with Gasteiger partial charge < -0.3 is 10.2 Å². The van der Waals surface area contributed by atoms with Gasteiger partial charge in [0.15, 0.2) is 0 Å². The van der Waals surface area contributed by atoms with Gasteiger partial charge in [0.25, 0.3) is 5.91 Å². The van der Waals surface area contributed by atoms with Crippen molar-refractivity contribution in [3.8, 4) is 0 Å². The second-order valence-corrected chi connectivity index (χ2v) is 6.42. The van der Waals surface area contributed by atoms with Crippen molar-refractivity contribution in [2.24, 2.45) is 0 Å². The molecule has 126 valence electrons. The Labute approximate surface area is 145 Å².